The number of nitrogens with zero attached hydrogens (tertiary/aromatic N) is 1. The summed E-state index contributed by atoms with van der Waals surface area (Å²) < 4.78 is 0. The molecule has 0 bridgehead atoms. The van der Waals surface area contributed by atoms with Crippen molar-refractivity contribution >= 4 is 5.97 Å². The topological polar surface area (TPSA) is 66.0 Å². The van der Waals surface area contributed by atoms with Crippen LogP contribution in [0.5, 0.6) is 0 Å². The van der Waals surface area contributed by atoms with Crippen LogP contribution < -0.4 is 0 Å². The van der Waals surface area contributed by atoms with E-state index in [0.29, 0.717) is 6.42 Å². The van der Waals surface area contributed by atoms with Gasteiger partial charge in [0.15, 0.2) is 0 Å². The quantitative estimate of drug-likeness (QED) is 0.698. The highest BCUT2D eigenvalue weighted by molar-refractivity contribution is 5.78. The Labute approximate surface area is 69.6 Å². The number of aliphatic carboxylic acids is 1. The molecule has 0 spiro atoms. The van der Waals surface area contributed by atoms with E-state index in [2.05, 4.69) is 10.2 Å². The number of hydrogen-bond acceptors (Lipinski definition) is 2. The molecular formula is C8H10N2O2. The molecule has 1 aliphatic carbocycles. The standard InChI is InChI=1S/C8H10N2O2/c11-7(12)8(2-3-8)5-6-1-4-9-10-6/h1,4H,2-3,5H2,(H,9,10)(H,11,12). The molecule has 1 aliphatic rings. The van der Waals surface area contributed by atoms with Gasteiger partial charge >= 0.3 is 5.97 Å². The predicted octanol–water partition coefficient (Wildman–Crippen LogP) is 0.817. The lowest BCUT2D eigenvalue weighted by Crippen LogP contribution is -2.17. The Morgan fingerprint density at radius 2 is 2.50 bits per heavy atom. The molecule has 1 fully saturated rings. The summed E-state index contributed by atoms with van der Waals surface area (Å²) in [5.74, 6) is -0.683. The Hall–Kier alpha value is -1.32. The minimum absolute atomic E-state index is 0.480. The van der Waals surface area contributed by atoms with Crippen LogP contribution in [0.15, 0.2) is 12.3 Å². The van der Waals surface area contributed by atoms with Crippen LogP contribution in [-0.2, 0) is 11.2 Å². The van der Waals surface area contributed by atoms with Gasteiger partial charge in [-0.3, -0.25) is 9.89 Å². The number of nitrogens with one attached hydrogen (secondary N) is 1. The first-order chi connectivity index (χ1) is 5.73. The number of rotatable bonds is 3. The van der Waals surface area contributed by atoms with Crippen molar-refractivity contribution in [2.24, 2.45) is 5.41 Å². The van der Waals surface area contributed by atoms with Crippen molar-refractivity contribution in [3.05, 3.63) is 18.0 Å². The van der Waals surface area contributed by atoms with Crippen LogP contribution >= 0.6 is 0 Å². The average molecular weight is 166 g/mol. The van der Waals surface area contributed by atoms with E-state index in [0.717, 1.165) is 18.5 Å². The summed E-state index contributed by atoms with van der Waals surface area (Å²) in [4.78, 5) is 10.8. The molecule has 4 nitrogen and oxygen atoms in total. The van der Waals surface area contributed by atoms with Crippen molar-refractivity contribution in [2.45, 2.75) is 19.3 Å². The molecule has 1 saturated carbocycles. The van der Waals surface area contributed by atoms with Gasteiger partial charge in [0, 0.05) is 18.3 Å². The fourth-order valence-electron chi connectivity index (χ4n) is 1.36. The van der Waals surface area contributed by atoms with E-state index in [4.69, 9.17) is 5.11 Å². The first-order valence-corrected chi connectivity index (χ1v) is 3.95. The highest BCUT2D eigenvalue weighted by Crippen LogP contribution is 2.48. The van der Waals surface area contributed by atoms with Crippen molar-refractivity contribution in [3.63, 3.8) is 0 Å². The van der Waals surface area contributed by atoms with Crippen LogP contribution in [0.25, 0.3) is 0 Å². The zero-order valence-corrected chi connectivity index (χ0v) is 6.58. The summed E-state index contributed by atoms with van der Waals surface area (Å²) in [7, 11) is 0. The number of hydrogen-bond donors (Lipinski definition) is 2. The van der Waals surface area contributed by atoms with E-state index in [-0.39, 0.29) is 0 Å². The summed E-state index contributed by atoms with van der Waals surface area (Å²) in [5.41, 5.74) is 0.432. The van der Waals surface area contributed by atoms with Gasteiger partial charge in [-0.2, -0.15) is 5.10 Å². The molecule has 12 heavy (non-hydrogen) atoms. The summed E-state index contributed by atoms with van der Waals surface area (Å²) in [6, 6.07) is 1.82. The Morgan fingerprint density at radius 1 is 1.75 bits per heavy atom. The maximum atomic E-state index is 10.8. The lowest BCUT2D eigenvalue weighted by Gasteiger charge is -2.06. The van der Waals surface area contributed by atoms with Crippen molar-refractivity contribution in [3.8, 4) is 0 Å². The Kier molecular flexibility index (Phi) is 1.43. The van der Waals surface area contributed by atoms with Gasteiger partial charge in [0.2, 0.25) is 0 Å². The lowest BCUT2D eigenvalue weighted by atomic mass is 10.0. The first-order valence-electron chi connectivity index (χ1n) is 3.95. The molecule has 1 heterocycles. The number of carbonyl (C=O) groups is 1. The van der Waals surface area contributed by atoms with E-state index in [1.54, 1.807) is 6.20 Å². The van der Waals surface area contributed by atoms with Crippen LogP contribution in [0.3, 0.4) is 0 Å². The summed E-state index contributed by atoms with van der Waals surface area (Å²) in [6.07, 6.45) is 3.82. The minimum atomic E-state index is -0.683. The van der Waals surface area contributed by atoms with E-state index in [9.17, 15) is 4.79 Å². The molecular weight excluding hydrogens is 156 g/mol. The number of aromatic nitrogens is 2. The Morgan fingerprint density at radius 3 is 2.92 bits per heavy atom. The third kappa shape index (κ3) is 1.09. The van der Waals surface area contributed by atoms with Crippen LogP contribution in [0.2, 0.25) is 0 Å². The predicted molar refractivity (Wildman–Crippen MR) is 41.6 cm³/mol. The van der Waals surface area contributed by atoms with Crippen LogP contribution in [0, 0.1) is 5.41 Å². The maximum Gasteiger partial charge on any atom is 0.310 e. The number of carboxylic acid groups (broad SMARTS) is 1. The van der Waals surface area contributed by atoms with Crippen molar-refractivity contribution in [2.75, 3.05) is 0 Å². The smallest absolute Gasteiger partial charge is 0.310 e. The van der Waals surface area contributed by atoms with Gasteiger partial charge in [0.25, 0.3) is 0 Å². The van der Waals surface area contributed by atoms with Gasteiger partial charge < -0.3 is 5.11 Å². The zero-order chi connectivity index (χ0) is 8.60. The molecule has 0 atom stereocenters. The lowest BCUT2D eigenvalue weighted by molar-refractivity contribution is -0.143. The molecule has 0 aromatic carbocycles. The molecule has 2 N–H and O–H groups in total. The molecule has 0 unspecified atom stereocenters. The van der Waals surface area contributed by atoms with E-state index in [1.165, 1.54) is 0 Å². The normalized spacial score (nSPS) is 19.0. The third-order valence-electron chi connectivity index (χ3n) is 2.39. The molecule has 0 radical (unpaired) electrons. The van der Waals surface area contributed by atoms with Gasteiger partial charge in [0.05, 0.1) is 5.41 Å². The molecule has 0 aliphatic heterocycles. The van der Waals surface area contributed by atoms with E-state index in [1.807, 2.05) is 6.07 Å². The second-order valence-electron chi connectivity index (χ2n) is 3.34. The van der Waals surface area contributed by atoms with Crippen LogP contribution in [0.4, 0.5) is 0 Å². The summed E-state index contributed by atoms with van der Waals surface area (Å²) in [5, 5.41) is 15.4. The molecule has 0 saturated heterocycles. The Balaban J connectivity index is 2.09. The number of carboxylic acids is 1. The minimum Gasteiger partial charge on any atom is -0.481 e. The third-order valence-corrected chi connectivity index (χ3v) is 2.39. The van der Waals surface area contributed by atoms with Crippen molar-refractivity contribution in [1.29, 1.82) is 0 Å². The molecule has 64 valence electrons. The Bertz CT molecular complexity index is 288. The van der Waals surface area contributed by atoms with Crippen LogP contribution in [0.1, 0.15) is 18.5 Å². The average Bonchev–Trinajstić information content (AvgIpc) is 2.60. The highest BCUT2D eigenvalue weighted by atomic mass is 16.4. The molecule has 0 amide bonds. The number of H-pyrrole nitrogens is 1. The molecule has 2 rings (SSSR count). The van der Waals surface area contributed by atoms with E-state index < -0.39 is 11.4 Å². The summed E-state index contributed by atoms with van der Waals surface area (Å²) in [6.45, 7) is 0. The molecule has 1 aromatic heterocycles. The van der Waals surface area contributed by atoms with Crippen LogP contribution in [-0.4, -0.2) is 21.3 Å². The van der Waals surface area contributed by atoms with Gasteiger partial charge in [-0.05, 0) is 18.9 Å². The number of aromatic amines is 1. The first kappa shape index (κ1) is 7.34. The zero-order valence-electron chi connectivity index (χ0n) is 6.58. The largest absolute Gasteiger partial charge is 0.481 e. The van der Waals surface area contributed by atoms with Gasteiger partial charge in [-0.15, -0.1) is 0 Å². The SMILES string of the molecule is O=C(O)C1(Cc2ccn[nH]2)CC1. The van der Waals surface area contributed by atoms with E-state index >= 15 is 0 Å². The monoisotopic (exact) mass is 166 g/mol. The second kappa shape index (κ2) is 2.33. The highest BCUT2D eigenvalue weighted by Gasteiger charge is 2.50. The van der Waals surface area contributed by atoms with Gasteiger partial charge in [0.1, 0.15) is 0 Å². The maximum absolute atomic E-state index is 10.8. The molecule has 4 heteroatoms. The fraction of sp³-hybridized carbons (Fsp3) is 0.500. The van der Waals surface area contributed by atoms with Gasteiger partial charge in [-0.1, -0.05) is 0 Å². The summed E-state index contributed by atoms with van der Waals surface area (Å²) >= 11 is 0. The molecule has 1 aromatic rings. The second-order valence-corrected chi connectivity index (χ2v) is 3.34. The van der Waals surface area contributed by atoms with Gasteiger partial charge in [-0.25, -0.2) is 0 Å². The van der Waals surface area contributed by atoms with Crippen molar-refractivity contribution in [1.82, 2.24) is 10.2 Å². The fourth-order valence-corrected chi connectivity index (χ4v) is 1.36. The van der Waals surface area contributed by atoms with Crippen molar-refractivity contribution < 1.29 is 9.90 Å².